The maximum absolute atomic E-state index is 7.23. The molecule has 0 aromatic heterocycles. The van der Waals surface area contributed by atoms with Crippen molar-refractivity contribution < 1.29 is 17.5 Å². The van der Waals surface area contributed by atoms with E-state index in [-0.39, 0.29) is 40.6 Å². The molecule has 0 fully saturated rings. The third kappa shape index (κ3) is 28.8. The first-order chi connectivity index (χ1) is 1.73. The van der Waals surface area contributed by atoms with E-state index in [9.17, 15) is 0 Å². The predicted octanol–water partition coefficient (Wildman–Crippen LogP) is -0.966. The van der Waals surface area contributed by atoms with Crippen LogP contribution in [0.5, 0.6) is 0 Å². The van der Waals surface area contributed by atoms with Gasteiger partial charge in [-0.3, -0.25) is 0 Å². The largest absolute Gasteiger partial charge is 2.00 e. The fraction of sp³-hybridized carbons (Fsp3) is 0. The van der Waals surface area contributed by atoms with E-state index in [0.29, 0.717) is 0 Å². The Morgan fingerprint density at radius 3 is 1.20 bits per heavy atom. The average Bonchev–Trinajstić information content (AvgIpc) is 0.811. The third-order valence-electron chi connectivity index (χ3n) is 0. The van der Waals surface area contributed by atoms with Crippen molar-refractivity contribution in [1.82, 2.24) is 0 Å². The van der Waals surface area contributed by atoms with Gasteiger partial charge in [0.1, 0.15) is 0 Å². The van der Waals surface area contributed by atoms with E-state index in [1.165, 1.54) is 0 Å². The first-order valence-corrected chi connectivity index (χ1v) is 1.80. The number of hydrogen-bond acceptors (Lipinski definition) is 3. The van der Waals surface area contributed by atoms with Crippen molar-refractivity contribution in [2.45, 2.75) is 0 Å². The van der Waals surface area contributed by atoms with Gasteiger partial charge in [-0.25, -0.2) is 0 Å². The van der Waals surface area contributed by atoms with Crippen LogP contribution in [0, 0.1) is 0 Å². The van der Waals surface area contributed by atoms with Gasteiger partial charge in [-0.2, -0.15) is 0 Å². The van der Waals surface area contributed by atoms with Crippen molar-refractivity contribution in [3.8, 4) is 0 Å². The van der Waals surface area contributed by atoms with E-state index in [1.54, 1.807) is 0 Å². The average molecular weight is 124 g/mol. The van der Waals surface area contributed by atoms with Crippen molar-refractivity contribution in [1.29, 1.82) is 0 Å². The molecule has 0 radical (unpaired) electrons. The summed E-state index contributed by atoms with van der Waals surface area (Å²) in [7, 11) is -2.62. The van der Waals surface area contributed by atoms with E-state index >= 15 is 0 Å². The topological polar surface area (TPSA) is 60.7 Å². The summed E-state index contributed by atoms with van der Waals surface area (Å²) >= 11 is 0. The molecule has 0 aromatic carbocycles. The van der Waals surface area contributed by atoms with Crippen LogP contribution in [0.3, 0.4) is 0 Å². The fourth-order valence-electron chi connectivity index (χ4n) is 0. The summed E-state index contributed by atoms with van der Waals surface area (Å²) in [5.41, 5.74) is 0. The van der Waals surface area contributed by atoms with Gasteiger partial charge in [-0.05, 0) is 0 Å². The second-order valence-electron chi connectivity index (χ2n) is 0.268. The van der Waals surface area contributed by atoms with Crippen LogP contribution in [-0.2, 0) is 0 Å². The molecule has 3 N–H and O–H groups in total. The second kappa shape index (κ2) is 5.57. The van der Waals surface area contributed by atoms with Gasteiger partial charge in [0.05, 0.1) is 0 Å². The molecule has 0 rings (SSSR count). The molecule has 0 aliphatic rings. The zero-order valence-electron chi connectivity index (χ0n) is 4.50. The van der Waals surface area contributed by atoms with Gasteiger partial charge in [0.2, 0.25) is 0 Å². The van der Waals surface area contributed by atoms with Crippen LogP contribution in [0.25, 0.3) is 0 Å². The Balaban J connectivity index is -0.0000000150. The zero-order chi connectivity index (χ0) is 3.58. The maximum Gasteiger partial charge on any atom is 2.00 e. The molecular formula is H5CaO3P. The van der Waals surface area contributed by atoms with Gasteiger partial charge >= 0.3 is 46.3 Å². The first kappa shape index (κ1) is 9.76. The van der Waals surface area contributed by atoms with E-state index in [2.05, 4.69) is 0 Å². The summed E-state index contributed by atoms with van der Waals surface area (Å²) in [6.45, 7) is 0. The van der Waals surface area contributed by atoms with Crippen LogP contribution in [0.15, 0.2) is 0 Å². The van der Waals surface area contributed by atoms with Crippen molar-refractivity contribution in [2.24, 2.45) is 0 Å². The summed E-state index contributed by atoms with van der Waals surface area (Å²) in [5, 5.41) is 0. The molecule has 30 valence electrons. The smallest absolute Gasteiger partial charge is 1.00 e. The van der Waals surface area contributed by atoms with Gasteiger partial charge in [-0.15, -0.1) is 0 Å². The summed E-state index contributed by atoms with van der Waals surface area (Å²) < 4.78 is 0. The Kier molecular flexibility index (Phi) is 10.9. The molecule has 0 aromatic rings. The van der Waals surface area contributed by atoms with Crippen LogP contribution in [0.4, 0.5) is 0 Å². The molecule has 0 heterocycles. The summed E-state index contributed by atoms with van der Waals surface area (Å²) in [5.74, 6) is 0. The van der Waals surface area contributed by atoms with Gasteiger partial charge in [0, 0.05) is 0 Å². The minimum atomic E-state index is -2.62. The van der Waals surface area contributed by atoms with Crippen LogP contribution in [-0.4, -0.2) is 52.4 Å². The predicted molar refractivity (Wildman–Crippen MR) is 21.6 cm³/mol. The van der Waals surface area contributed by atoms with Crippen LogP contribution >= 0.6 is 8.60 Å². The third-order valence-corrected chi connectivity index (χ3v) is 0. The molecule has 0 atom stereocenters. The van der Waals surface area contributed by atoms with Gasteiger partial charge < -0.3 is 17.5 Å². The van der Waals surface area contributed by atoms with E-state index in [0.717, 1.165) is 0 Å². The van der Waals surface area contributed by atoms with Crippen LogP contribution < -0.4 is 0 Å². The van der Waals surface area contributed by atoms with Gasteiger partial charge in [0.15, 0.2) is 0 Å². The second-order valence-corrected chi connectivity index (χ2v) is 0.805. The number of rotatable bonds is 0. The molecule has 0 unspecified atom stereocenters. The molecular weight excluding hydrogens is 119 g/mol. The molecule has 0 bridgehead atoms. The van der Waals surface area contributed by atoms with E-state index in [1.807, 2.05) is 0 Å². The first-order valence-electron chi connectivity index (χ1n) is 0.600. The monoisotopic (exact) mass is 124 g/mol. The molecule has 0 aliphatic carbocycles. The Morgan fingerprint density at radius 2 is 1.20 bits per heavy atom. The summed E-state index contributed by atoms with van der Waals surface area (Å²) in [6.07, 6.45) is 0. The Bertz CT molecular complexity index is 17.7. The minimum absolute atomic E-state index is 0. The summed E-state index contributed by atoms with van der Waals surface area (Å²) in [6, 6.07) is 0. The molecule has 0 amide bonds. The van der Waals surface area contributed by atoms with Crippen LogP contribution in [0.1, 0.15) is 2.85 Å². The van der Waals surface area contributed by atoms with Gasteiger partial charge in [-0.1, -0.05) is 0 Å². The van der Waals surface area contributed by atoms with Gasteiger partial charge in [0.25, 0.3) is 0 Å². The molecule has 5 heteroatoms. The standard InChI is InChI=1S/Ca.H3O3P.2H/c;1-4(2)3;;/h;1-3H;;/q+2;;2*-1. The Morgan fingerprint density at radius 1 is 1.20 bits per heavy atom. The quantitative estimate of drug-likeness (QED) is 0.288. The SMILES string of the molecule is OP(O)O.[Ca+2].[H-].[H-]. The van der Waals surface area contributed by atoms with E-state index in [4.69, 9.17) is 14.7 Å². The molecule has 0 aliphatic heterocycles. The normalized spacial score (nSPS) is 7.20. The zero-order valence-corrected chi connectivity index (χ0v) is 5.60. The molecule has 0 spiro atoms. The van der Waals surface area contributed by atoms with Crippen molar-refractivity contribution >= 4 is 46.3 Å². The fourth-order valence-corrected chi connectivity index (χ4v) is 0. The van der Waals surface area contributed by atoms with E-state index < -0.39 is 8.60 Å². The maximum atomic E-state index is 7.23. The number of hydrogen-bond donors (Lipinski definition) is 3. The molecule has 0 saturated carbocycles. The molecule has 5 heavy (non-hydrogen) atoms. The minimum Gasteiger partial charge on any atom is -1.00 e. The van der Waals surface area contributed by atoms with Crippen molar-refractivity contribution in [3.05, 3.63) is 0 Å². The van der Waals surface area contributed by atoms with Crippen LogP contribution in [0.2, 0.25) is 0 Å². The molecule has 0 saturated heterocycles. The summed E-state index contributed by atoms with van der Waals surface area (Å²) in [4.78, 5) is 21.7. The van der Waals surface area contributed by atoms with Crippen molar-refractivity contribution in [2.75, 3.05) is 0 Å². The van der Waals surface area contributed by atoms with Crippen molar-refractivity contribution in [3.63, 3.8) is 0 Å². The Hall–Kier alpha value is 1.57. The Labute approximate surface area is 63.6 Å². The molecule has 3 nitrogen and oxygen atoms in total.